The molecule has 9 N–H and O–H groups in total. The molecule has 0 aromatic carbocycles. The summed E-state index contributed by atoms with van der Waals surface area (Å²) in [5.74, 6) is -3.86. The van der Waals surface area contributed by atoms with Gasteiger partial charge in [0.15, 0.2) is 0 Å². The average molecular weight is 412 g/mol. The maximum atomic E-state index is 12.6. The highest BCUT2D eigenvalue weighted by atomic mass is 16.4. The number of hydrogen-bond donors (Lipinski definition) is 7. The first-order valence-electron chi connectivity index (χ1n) is 9.22. The van der Waals surface area contributed by atoms with Gasteiger partial charge in [0.05, 0.1) is 12.4 Å². The minimum Gasteiger partial charge on any atom is -0.481 e. The summed E-state index contributed by atoms with van der Waals surface area (Å²) in [5, 5.41) is 23.0. The van der Waals surface area contributed by atoms with E-state index < -0.39 is 41.9 Å². The number of rotatable bonds is 14. The van der Waals surface area contributed by atoms with Crippen LogP contribution >= 0.6 is 0 Å². The van der Waals surface area contributed by atoms with E-state index in [2.05, 4.69) is 20.6 Å². The monoisotopic (exact) mass is 412 g/mol. The smallest absolute Gasteiger partial charge is 0.326 e. The molecule has 0 aliphatic rings. The van der Waals surface area contributed by atoms with E-state index >= 15 is 0 Å². The molecule has 0 aliphatic carbocycles. The number of nitrogens with two attached hydrogens (primary N) is 2. The lowest BCUT2D eigenvalue weighted by Crippen LogP contribution is -2.55. The van der Waals surface area contributed by atoms with Crippen molar-refractivity contribution in [1.82, 2.24) is 20.6 Å². The molecule has 0 fully saturated rings. The fourth-order valence-corrected chi connectivity index (χ4v) is 2.54. The van der Waals surface area contributed by atoms with Crippen molar-refractivity contribution in [2.75, 3.05) is 6.54 Å². The fraction of sp³-hybridized carbons (Fsp3) is 0.588. The van der Waals surface area contributed by atoms with Gasteiger partial charge >= 0.3 is 11.9 Å². The molecule has 0 bridgehead atoms. The molecule has 0 aliphatic heterocycles. The topological polar surface area (TPSA) is 214 Å². The van der Waals surface area contributed by atoms with Crippen LogP contribution in [0.1, 0.15) is 37.8 Å². The molecule has 1 heterocycles. The number of carboxylic acid groups (broad SMARTS) is 2. The summed E-state index contributed by atoms with van der Waals surface area (Å²) in [6, 6.07) is -3.41. The third kappa shape index (κ3) is 9.17. The molecule has 1 aromatic rings. The summed E-state index contributed by atoms with van der Waals surface area (Å²) in [5.41, 5.74) is 11.7. The van der Waals surface area contributed by atoms with Crippen molar-refractivity contribution in [3.8, 4) is 0 Å². The number of hydrogen-bond acceptors (Lipinski definition) is 7. The summed E-state index contributed by atoms with van der Waals surface area (Å²) in [6.07, 6.45) is 3.81. The highest BCUT2D eigenvalue weighted by Crippen LogP contribution is 2.05. The molecule has 0 saturated carbocycles. The first kappa shape index (κ1) is 24.0. The molecule has 0 radical (unpaired) electrons. The predicted molar refractivity (Wildman–Crippen MR) is 102 cm³/mol. The molecular formula is C17H28N6O6. The van der Waals surface area contributed by atoms with Gasteiger partial charge in [-0.1, -0.05) is 6.42 Å². The van der Waals surface area contributed by atoms with Crippen LogP contribution in [-0.2, 0) is 25.6 Å². The summed E-state index contributed by atoms with van der Waals surface area (Å²) in [7, 11) is 0. The van der Waals surface area contributed by atoms with Crippen LogP contribution in [0.25, 0.3) is 0 Å². The van der Waals surface area contributed by atoms with Crippen molar-refractivity contribution in [2.24, 2.45) is 11.5 Å². The number of imidazole rings is 1. The SMILES string of the molecule is NCCCCC(N)C(=O)NC(CCC(=O)O)C(=O)NC(Cc1cnc[nH]1)C(=O)O. The van der Waals surface area contributed by atoms with Gasteiger partial charge in [0.25, 0.3) is 0 Å². The maximum absolute atomic E-state index is 12.6. The highest BCUT2D eigenvalue weighted by Gasteiger charge is 2.28. The second kappa shape index (κ2) is 12.5. The number of unbranched alkanes of at least 4 members (excludes halogenated alkanes) is 1. The van der Waals surface area contributed by atoms with Crippen molar-refractivity contribution in [3.63, 3.8) is 0 Å². The molecule has 12 heteroatoms. The molecule has 0 saturated heterocycles. The zero-order chi connectivity index (χ0) is 21.8. The Hall–Kier alpha value is -2.99. The van der Waals surface area contributed by atoms with E-state index in [4.69, 9.17) is 16.6 Å². The number of carboxylic acids is 2. The minimum absolute atomic E-state index is 0.0563. The first-order chi connectivity index (χ1) is 13.7. The second-order valence-corrected chi connectivity index (χ2v) is 6.56. The van der Waals surface area contributed by atoms with Crippen LogP contribution in [-0.4, -0.2) is 68.6 Å². The Kier molecular flexibility index (Phi) is 10.3. The number of aromatic nitrogens is 2. The summed E-state index contributed by atoms with van der Waals surface area (Å²) >= 11 is 0. The van der Waals surface area contributed by atoms with Gasteiger partial charge < -0.3 is 37.3 Å². The van der Waals surface area contributed by atoms with Gasteiger partial charge in [-0.2, -0.15) is 0 Å². The number of H-pyrrole nitrogens is 1. The van der Waals surface area contributed by atoms with Gasteiger partial charge in [-0.05, 0) is 25.8 Å². The van der Waals surface area contributed by atoms with E-state index in [1.807, 2.05) is 0 Å². The average Bonchev–Trinajstić information content (AvgIpc) is 3.17. The zero-order valence-corrected chi connectivity index (χ0v) is 16.0. The normalized spacial score (nSPS) is 13.9. The molecule has 1 aromatic heterocycles. The molecule has 0 spiro atoms. The van der Waals surface area contributed by atoms with Crippen LogP contribution in [0.15, 0.2) is 12.5 Å². The van der Waals surface area contributed by atoms with Crippen molar-refractivity contribution < 1.29 is 29.4 Å². The molecule has 29 heavy (non-hydrogen) atoms. The van der Waals surface area contributed by atoms with Crippen molar-refractivity contribution in [2.45, 2.75) is 56.7 Å². The first-order valence-corrected chi connectivity index (χ1v) is 9.22. The van der Waals surface area contributed by atoms with E-state index in [9.17, 15) is 24.3 Å². The maximum Gasteiger partial charge on any atom is 0.326 e. The predicted octanol–water partition coefficient (Wildman–Crippen LogP) is -1.67. The number of aliphatic carboxylic acids is 2. The van der Waals surface area contributed by atoms with Crippen LogP contribution in [0, 0.1) is 0 Å². The van der Waals surface area contributed by atoms with Crippen LogP contribution in [0.2, 0.25) is 0 Å². The largest absolute Gasteiger partial charge is 0.481 e. The van der Waals surface area contributed by atoms with E-state index in [0.29, 0.717) is 31.5 Å². The van der Waals surface area contributed by atoms with Gasteiger partial charge in [0.1, 0.15) is 12.1 Å². The Bertz CT molecular complexity index is 680. The molecular weight excluding hydrogens is 384 g/mol. The van der Waals surface area contributed by atoms with Crippen molar-refractivity contribution >= 4 is 23.8 Å². The third-order valence-corrected chi connectivity index (χ3v) is 4.18. The summed E-state index contributed by atoms with van der Waals surface area (Å²) < 4.78 is 0. The number of amides is 2. The van der Waals surface area contributed by atoms with Crippen LogP contribution < -0.4 is 22.1 Å². The molecule has 162 valence electrons. The Morgan fingerprint density at radius 2 is 1.76 bits per heavy atom. The second-order valence-electron chi connectivity index (χ2n) is 6.56. The molecule has 1 rings (SSSR count). The van der Waals surface area contributed by atoms with E-state index in [1.165, 1.54) is 12.5 Å². The van der Waals surface area contributed by atoms with E-state index in [-0.39, 0.29) is 19.3 Å². The van der Waals surface area contributed by atoms with Crippen LogP contribution in [0.3, 0.4) is 0 Å². The molecule has 2 amide bonds. The third-order valence-electron chi connectivity index (χ3n) is 4.18. The van der Waals surface area contributed by atoms with Crippen molar-refractivity contribution in [3.05, 3.63) is 18.2 Å². The Labute approximate surface area is 167 Å². The van der Waals surface area contributed by atoms with Crippen LogP contribution in [0.5, 0.6) is 0 Å². The van der Waals surface area contributed by atoms with Gasteiger partial charge in [-0.15, -0.1) is 0 Å². The van der Waals surface area contributed by atoms with E-state index in [0.717, 1.165) is 0 Å². The standard InChI is InChI=1S/C17H28N6O6/c18-6-2-1-3-11(19)15(26)22-12(4-5-14(24)25)16(27)23-13(17(28)29)7-10-8-20-9-21-10/h8-9,11-13H,1-7,18-19H2,(H,20,21)(H,22,26)(H,23,27)(H,24,25)(H,28,29). The lowest BCUT2D eigenvalue weighted by molar-refractivity contribution is -0.143. The van der Waals surface area contributed by atoms with Crippen LogP contribution in [0.4, 0.5) is 0 Å². The number of carbonyl (C=O) groups is 4. The van der Waals surface area contributed by atoms with Gasteiger partial charge in [0.2, 0.25) is 11.8 Å². The number of nitrogens with one attached hydrogen (secondary N) is 3. The van der Waals surface area contributed by atoms with E-state index in [1.54, 1.807) is 0 Å². The Balaban J connectivity index is 2.77. The molecule has 12 nitrogen and oxygen atoms in total. The molecule has 3 atom stereocenters. The summed E-state index contributed by atoms with van der Waals surface area (Å²) in [6.45, 7) is 0.463. The van der Waals surface area contributed by atoms with Gasteiger partial charge in [0, 0.05) is 24.7 Å². The highest BCUT2D eigenvalue weighted by molar-refractivity contribution is 5.92. The zero-order valence-electron chi connectivity index (χ0n) is 16.0. The van der Waals surface area contributed by atoms with Gasteiger partial charge in [-0.25, -0.2) is 9.78 Å². The number of aromatic amines is 1. The van der Waals surface area contributed by atoms with Gasteiger partial charge in [-0.3, -0.25) is 14.4 Å². The summed E-state index contributed by atoms with van der Waals surface area (Å²) in [4.78, 5) is 53.7. The number of carbonyl (C=O) groups excluding carboxylic acids is 2. The lowest BCUT2D eigenvalue weighted by atomic mass is 10.1. The number of nitrogens with zero attached hydrogens (tertiary/aromatic N) is 1. The van der Waals surface area contributed by atoms with Crippen molar-refractivity contribution in [1.29, 1.82) is 0 Å². The fourth-order valence-electron chi connectivity index (χ4n) is 2.54. The Morgan fingerprint density at radius 1 is 1.07 bits per heavy atom. The Morgan fingerprint density at radius 3 is 2.31 bits per heavy atom. The quantitative estimate of drug-likeness (QED) is 0.174. The lowest BCUT2D eigenvalue weighted by Gasteiger charge is -2.22. The molecule has 3 unspecified atom stereocenters. The minimum atomic E-state index is -1.29.